The topological polar surface area (TPSA) is 6.48 Å². The molecule has 0 amide bonds. The predicted molar refractivity (Wildman–Crippen MR) is 291 cm³/mol. The van der Waals surface area contributed by atoms with Crippen molar-refractivity contribution in [3.05, 3.63) is 238 Å². The molecule has 0 spiro atoms. The van der Waals surface area contributed by atoms with Gasteiger partial charge in [-0.2, -0.15) is 26.3 Å². The zero-order valence-corrected chi connectivity index (χ0v) is 42.5. The smallest absolute Gasteiger partial charge is 0.310 e. The summed E-state index contributed by atoms with van der Waals surface area (Å²) in [5.41, 5.74) is 14.6. The number of anilines is 6. The summed E-state index contributed by atoms with van der Waals surface area (Å²) in [6, 6.07) is 59.0. The second-order valence-corrected chi connectivity index (χ2v) is 21.0. The Bertz CT molecular complexity index is 3350. The number of halogens is 6. The van der Waals surface area contributed by atoms with E-state index < -0.39 is 23.5 Å². The van der Waals surface area contributed by atoms with Crippen LogP contribution in [0.1, 0.15) is 83.3 Å². The highest BCUT2D eigenvalue weighted by Crippen LogP contribution is 2.54. The maximum Gasteiger partial charge on any atom is 0.417 e. The number of alkyl halides is 6. The third-order valence-corrected chi connectivity index (χ3v) is 15.6. The van der Waals surface area contributed by atoms with Crippen LogP contribution in [0.25, 0.3) is 44.5 Å². The van der Waals surface area contributed by atoms with Crippen LogP contribution in [0.4, 0.5) is 60.5 Å². The van der Waals surface area contributed by atoms with E-state index in [2.05, 4.69) is 135 Å². The maximum absolute atomic E-state index is 14.8. The first-order valence-electron chi connectivity index (χ1n) is 24.9. The van der Waals surface area contributed by atoms with Gasteiger partial charge in [-0.25, -0.2) is 0 Å². The molecule has 9 aromatic carbocycles. The Kier molecular flexibility index (Phi) is 11.4. The minimum absolute atomic E-state index is 0.0723. The summed E-state index contributed by atoms with van der Waals surface area (Å²) in [5.74, 6) is 0. The molecule has 8 heteroatoms. The molecule has 11 rings (SSSR count). The van der Waals surface area contributed by atoms with Crippen molar-refractivity contribution >= 4 is 34.1 Å². The molecule has 0 bridgehead atoms. The number of hydrogen-bond donors (Lipinski definition) is 0. The molecule has 0 fully saturated rings. The molecule has 2 aliphatic rings. The van der Waals surface area contributed by atoms with Gasteiger partial charge in [0.1, 0.15) is 0 Å². The lowest BCUT2D eigenvalue weighted by molar-refractivity contribution is -0.162. The van der Waals surface area contributed by atoms with Crippen molar-refractivity contribution in [2.45, 2.75) is 78.6 Å². The van der Waals surface area contributed by atoms with Gasteiger partial charge in [0.2, 0.25) is 0 Å². The van der Waals surface area contributed by atoms with Gasteiger partial charge in [0.05, 0.1) is 33.9 Å². The summed E-state index contributed by atoms with van der Waals surface area (Å²) < 4.78 is 89.1. The number of rotatable bonds is 6. The van der Waals surface area contributed by atoms with E-state index in [4.69, 9.17) is 0 Å². The van der Waals surface area contributed by atoms with E-state index in [1.807, 2.05) is 86.6 Å². The van der Waals surface area contributed by atoms with Crippen LogP contribution in [0, 0.1) is 27.7 Å². The standard InChI is InChI=1S/C66H54F6N2/c1-39-35-49(41(3)33-47(39)43-25-29-45(30-26-43)73-59-21-13-9-17-53(59)63(5,6)54-18-10-14-22-60(54)73)51-37-57(65(67,68)69)58(66(70,71)72)38-52(51)50-36-40(2)48(34-42(50)4)44-27-31-46(32-28-44)74-61-23-15-11-19-55(61)64(7,8)56-20-12-16-24-62(56)74/h9-38H,1-8H3. The molecule has 9 aromatic rings. The quantitative estimate of drug-likeness (QED) is 0.153. The molecule has 2 heterocycles. The van der Waals surface area contributed by atoms with Crippen molar-refractivity contribution in [3.63, 3.8) is 0 Å². The molecule has 0 saturated carbocycles. The molecular formula is C66H54F6N2. The van der Waals surface area contributed by atoms with Crippen LogP contribution < -0.4 is 9.80 Å². The lowest BCUT2D eigenvalue weighted by Crippen LogP contribution is -2.30. The number of aryl methyl sites for hydroxylation is 4. The highest BCUT2D eigenvalue weighted by atomic mass is 19.4. The summed E-state index contributed by atoms with van der Waals surface area (Å²) in [7, 11) is 0. The largest absolute Gasteiger partial charge is 0.417 e. The second kappa shape index (κ2) is 17.4. The van der Waals surface area contributed by atoms with Crippen LogP contribution >= 0.6 is 0 Å². The Morgan fingerprint density at radius 3 is 0.851 bits per heavy atom. The Morgan fingerprint density at radius 1 is 0.311 bits per heavy atom. The molecule has 2 nitrogen and oxygen atoms in total. The fraction of sp³-hybridized carbons (Fsp3) is 0.182. The molecular weight excluding hydrogens is 935 g/mol. The average Bonchev–Trinajstić information content (AvgIpc) is 3.37. The lowest BCUT2D eigenvalue weighted by Gasteiger charge is -2.42. The number of hydrogen-bond acceptors (Lipinski definition) is 2. The summed E-state index contributed by atoms with van der Waals surface area (Å²) in [6.45, 7) is 16.3. The molecule has 0 N–H and O–H groups in total. The zero-order valence-electron chi connectivity index (χ0n) is 42.5. The van der Waals surface area contributed by atoms with E-state index in [0.717, 1.165) is 67.5 Å². The molecule has 2 aliphatic heterocycles. The molecule has 0 aromatic heterocycles. The highest BCUT2D eigenvalue weighted by Gasteiger charge is 2.44. The number of benzene rings is 9. The van der Waals surface area contributed by atoms with Crippen LogP contribution in [0.3, 0.4) is 0 Å². The Balaban J connectivity index is 0.976. The van der Waals surface area contributed by atoms with E-state index in [1.165, 1.54) is 22.3 Å². The van der Waals surface area contributed by atoms with Gasteiger partial charge in [-0.15, -0.1) is 0 Å². The van der Waals surface area contributed by atoms with Crippen molar-refractivity contribution in [3.8, 4) is 44.5 Å². The molecule has 0 atom stereocenters. The molecule has 0 radical (unpaired) electrons. The van der Waals surface area contributed by atoms with E-state index in [9.17, 15) is 26.3 Å². The summed E-state index contributed by atoms with van der Waals surface area (Å²) in [5, 5.41) is 0. The van der Waals surface area contributed by atoms with Crippen LogP contribution in [-0.4, -0.2) is 0 Å². The van der Waals surface area contributed by atoms with Crippen LogP contribution in [-0.2, 0) is 23.2 Å². The van der Waals surface area contributed by atoms with Crippen LogP contribution in [0.2, 0.25) is 0 Å². The number of para-hydroxylation sites is 4. The molecule has 0 aliphatic carbocycles. The number of fused-ring (bicyclic) bond motifs is 4. The molecule has 0 saturated heterocycles. The van der Waals surface area contributed by atoms with Crippen molar-refractivity contribution in [2.24, 2.45) is 0 Å². The Morgan fingerprint density at radius 2 is 0.568 bits per heavy atom. The van der Waals surface area contributed by atoms with Gasteiger partial charge in [-0.1, -0.05) is 149 Å². The maximum atomic E-state index is 14.8. The summed E-state index contributed by atoms with van der Waals surface area (Å²) in [4.78, 5) is 4.54. The van der Waals surface area contributed by atoms with Crippen molar-refractivity contribution in [1.82, 2.24) is 0 Å². The zero-order chi connectivity index (χ0) is 52.2. The van der Waals surface area contributed by atoms with E-state index in [0.29, 0.717) is 34.4 Å². The van der Waals surface area contributed by atoms with Gasteiger partial charge in [0.15, 0.2) is 0 Å². The van der Waals surface area contributed by atoms with E-state index in [-0.39, 0.29) is 22.0 Å². The minimum atomic E-state index is -5.27. The lowest BCUT2D eigenvalue weighted by atomic mass is 9.73. The Labute approximate surface area is 429 Å². The molecule has 0 unspecified atom stereocenters. The first kappa shape index (κ1) is 48.4. The molecule has 370 valence electrons. The highest BCUT2D eigenvalue weighted by molar-refractivity contribution is 5.92. The average molecular weight is 989 g/mol. The van der Waals surface area contributed by atoms with Crippen LogP contribution in [0.5, 0.6) is 0 Å². The number of nitrogens with zero attached hydrogens (tertiary/aromatic N) is 2. The van der Waals surface area contributed by atoms with Gasteiger partial charge in [0, 0.05) is 22.2 Å². The van der Waals surface area contributed by atoms with Gasteiger partial charge in [-0.3, -0.25) is 0 Å². The fourth-order valence-corrected chi connectivity index (χ4v) is 11.8. The SMILES string of the molecule is Cc1cc(-c2cc(C(F)(F)F)c(C(F)(F)F)cc2-c2cc(C)c(-c3ccc(N4c5ccccc5C(C)(C)c5ccccc54)cc3)cc2C)c(C)cc1-c1ccc(N2c3ccccc3C(C)(C)c3ccccc32)cc1. The van der Waals surface area contributed by atoms with Crippen molar-refractivity contribution in [1.29, 1.82) is 0 Å². The normalized spacial score (nSPS) is 14.5. The van der Waals surface area contributed by atoms with Gasteiger partial charge in [-0.05, 0) is 177 Å². The van der Waals surface area contributed by atoms with Crippen LogP contribution in [0.15, 0.2) is 182 Å². The first-order chi connectivity index (χ1) is 35.1. The third kappa shape index (κ3) is 7.89. The van der Waals surface area contributed by atoms with Gasteiger partial charge < -0.3 is 9.80 Å². The third-order valence-electron chi connectivity index (χ3n) is 15.6. The van der Waals surface area contributed by atoms with E-state index in [1.54, 1.807) is 13.8 Å². The Hall–Kier alpha value is -7.84. The first-order valence-corrected chi connectivity index (χ1v) is 24.9. The minimum Gasteiger partial charge on any atom is -0.310 e. The van der Waals surface area contributed by atoms with Crippen molar-refractivity contribution < 1.29 is 26.3 Å². The molecule has 74 heavy (non-hydrogen) atoms. The van der Waals surface area contributed by atoms with Gasteiger partial charge >= 0.3 is 12.4 Å². The summed E-state index contributed by atoms with van der Waals surface area (Å²) in [6.07, 6.45) is -10.5. The summed E-state index contributed by atoms with van der Waals surface area (Å²) >= 11 is 0. The van der Waals surface area contributed by atoms with Gasteiger partial charge in [0.25, 0.3) is 0 Å². The van der Waals surface area contributed by atoms with E-state index >= 15 is 0 Å². The monoisotopic (exact) mass is 988 g/mol. The van der Waals surface area contributed by atoms with Crippen molar-refractivity contribution in [2.75, 3.05) is 9.80 Å². The predicted octanol–water partition coefficient (Wildman–Crippen LogP) is 19.8. The fourth-order valence-electron chi connectivity index (χ4n) is 11.8. The second-order valence-electron chi connectivity index (χ2n) is 21.0.